The van der Waals surface area contributed by atoms with Gasteiger partial charge in [0.2, 0.25) is 0 Å². The van der Waals surface area contributed by atoms with Crippen molar-refractivity contribution in [3.63, 3.8) is 0 Å². The van der Waals surface area contributed by atoms with Crippen molar-refractivity contribution in [3.8, 4) is 0 Å². The van der Waals surface area contributed by atoms with Crippen molar-refractivity contribution in [2.75, 3.05) is 7.05 Å². The Hall–Kier alpha value is -0.0200. The molecule has 0 aromatic heterocycles. The quantitative estimate of drug-likeness (QED) is 0.552. The third-order valence-corrected chi connectivity index (χ3v) is 4.21. The van der Waals surface area contributed by atoms with E-state index in [4.69, 9.17) is 24.4 Å². The first-order chi connectivity index (χ1) is 5.72. The van der Waals surface area contributed by atoms with Gasteiger partial charge in [-0.1, -0.05) is 37.3 Å². The minimum Gasteiger partial charge on any atom is -0.333 e. The predicted molar refractivity (Wildman–Crippen MR) is 58.4 cm³/mol. The second kappa shape index (κ2) is 3.04. The summed E-state index contributed by atoms with van der Waals surface area (Å²) in [6, 6.07) is 0. The molecule has 12 heavy (non-hydrogen) atoms. The minimum absolute atomic E-state index is 0.603. The molecule has 1 aliphatic heterocycles. The highest BCUT2D eigenvalue weighted by Gasteiger charge is 2.40. The van der Waals surface area contributed by atoms with Gasteiger partial charge in [0.1, 0.15) is 0 Å². The zero-order valence-corrected chi connectivity index (χ0v) is 8.88. The lowest BCUT2D eigenvalue weighted by atomic mass is 9.82. The van der Waals surface area contributed by atoms with Gasteiger partial charge in [0, 0.05) is 18.9 Å². The Bertz CT molecular complexity index is 213. The Morgan fingerprint density at radius 2 is 1.50 bits per heavy atom. The van der Waals surface area contributed by atoms with Crippen LogP contribution in [-0.2, 0) is 0 Å². The summed E-state index contributed by atoms with van der Waals surface area (Å²) in [7, 11) is 2.02. The summed E-state index contributed by atoms with van der Waals surface area (Å²) >= 11 is 10.7. The number of thiocarbonyl (C=S) groups is 2. The van der Waals surface area contributed by atoms with E-state index in [0.29, 0.717) is 11.8 Å². The molecule has 0 unspecified atom stereocenters. The molecule has 1 saturated heterocycles. The molecule has 0 amide bonds. The molecule has 2 rings (SSSR count). The van der Waals surface area contributed by atoms with Crippen LogP contribution < -0.4 is 0 Å². The molecule has 0 bridgehead atoms. The zero-order valence-electron chi connectivity index (χ0n) is 7.25. The normalized spacial score (nSPS) is 35.6. The van der Waals surface area contributed by atoms with Gasteiger partial charge in [-0.2, -0.15) is 0 Å². The number of rotatable bonds is 0. The van der Waals surface area contributed by atoms with E-state index >= 15 is 0 Å². The van der Waals surface area contributed by atoms with E-state index in [9.17, 15) is 0 Å². The third kappa shape index (κ3) is 1.11. The fourth-order valence-corrected chi connectivity index (χ4v) is 3.15. The van der Waals surface area contributed by atoms with Crippen LogP contribution in [-0.4, -0.2) is 21.9 Å². The Labute approximate surface area is 84.1 Å². The molecule has 1 heterocycles. The van der Waals surface area contributed by atoms with Crippen LogP contribution in [0.15, 0.2) is 0 Å². The third-order valence-electron chi connectivity index (χ3n) is 3.06. The van der Waals surface area contributed by atoms with Gasteiger partial charge in [0.15, 0.2) is 0 Å². The second-order valence-corrected chi connectivity index (χ2v) is 4.57. The lowest BCUT2D eigenvalue weighted by Crippen LogP contribution is -2.23. The number of nitrogens with zero attached hydrogens (tertiary/aromatic N) is 1. The van der Waals surface area contributed by atoms with E-state index in [1.165, 1.54) is 25.7 Å². The summed E-state index contributed by atoms with van der Waals surface area (Å²) < 4.78 is 0. The smallest absolute Gasteiger partial charge is 0.0863 e. The first kappa shape index (κ1) is 8.57. The van der Waals surface area contributed by atoms with E-state index in [1.54, 1.807) is 0 Å². The van der Waals surface area contributed by atoms with E-state index in [0.717, 1.165) is 9.98 Å². The van der Waals surface area contributed by atoms with Crippen LogP contribution >= 0.6 is 24.4 Å². The molecule has 0 spiro atoms. The van der Waals surface area contributed by atoms with Crippen LogP contribution in [0.2, 0.25) is 0 Å². The first-order valence-electron chi connectivity index (χ1n) is 4.53. The Balaban J connectivity index is 2.25. The van der Waals surface area contributed by atoms with Crippen molar-refractivity contribution in [1.82, 2.24) is 4.90 Å². The van der Waals surface area contributed by atoms with Crippen LogP contribution in [0.4, 0.5) is 0 Å². The average Bonchev–Trinajstić information content (AvgIpc) is 2.33. The van der Waals surface area contributed by atoms with Gasteiger partial charge in [-0.05, 0) is 12.8 Å². The average molecular weight is 199 g/mol. The van der Waals surface area contributed by atoms with Crippen LogP contribution in [0.5, 0.6) is 0 Å². The highest BCUT2D eigenvalue weighted by molar-refractivity contribution is 7.82. The summed E-state index contributed by atoms with van der Waals surface area (Å²) in [5, 5.41) is 0. The van der Waals surface area contributed by atoms with E-state index in [-0.39, 0.29) is 0 Å². The molecule has 3 heteroatoms. The van der Waals surface area contributed by atoms with E-state index < -0.39 is 0 Å². The number of hydrogen-bond acceptors (Lipinski definition) is 2. The maximum Gasteiger partial charge on any atom is 0.0863 e. The first-order valence-corrected chi connectivity index (χ1v) is 5.35. The Morgan fingerprint density at radius 1 is 1.08 bits per heavy atom. The van der Waals surface area contributed by atoms with Crippen molar-refractivity contribution >= 4 is 34.4 Å². The molecular formula is C9H13NS2. The fraction of sp³-hybridized carbons (Fsp3) is 0.778. The molecule has 1 nitrogen and oxygen atoms in total. The molecule has 2 atom stereocenters. The van der Waals surface area contributed by atoms with E-state index in [2.05, 4.69) is 0 Å². The van der Waals surface area contributed by atoms with Gasteiger partial charge in [-0.25, -0.2) is 0 Å². The summed E-state index contributed by atoms with van der Waals surface area (Å²) in [6.45, 7) is 0. The number of likely N-dealkylation sites (tertiary alicyclic amines) is 1. The highest BCUT2D eigenvalue weighted by atomic mass is 32.1. The molecule has 0 N–H and O–H groups in total. The fourth-order valence-electron chi connectivity index (χ4n) is 2.33. The zero-order chi connectivity index (χ0) is 8.72. The van der Waals surface area contributed by atoms with Gasteiger partial charge in [-0.15, -0.1) is 0 Å². The van der Waals surface area contributed by atoms with Crippen LogP contribution in [0.3, 0.4) is 0 Å². The molecule has 1 saturated carbocycles. The Kier molecular flexibility index (Phi) is 2.17. The van der Waals surface area contributed by atoms with Crippen LogP contribution in [0.25, 0.3) is 0 Å². The highest BCUT2D eigenvalue weighted by Crippen LogP contribution is 2.38. The van der Waals surface area contributed by atoms with Crippen molar-refractivity contribution < 1.29 is 0 Å². The maximum absolute atomic E-state index is 5.36. The van der Waals surface area contributed by atoms with Crippen molar-refractivity contribution in [2.45, 2.75) is 25.7 Å². The molecule has 0 radical (unpaired) electrons. The maximum atomic E-state index is 5.36. The summed E-state index contributed by atoms with van der Waals surface area (Å²) in [6.07, 6.45) is 5.18. The monoisotopic (exact) mass is 199 g/mol. The van der Waals surface area contributed by atoms with Crippen LogP contribution in [0.1, 0.15) is 25.7 Å². The van der Waals surface area contributed by atoms with Crippen molar-refractivity contribution in [2.24, 2.45) is 11.8 Å². The van der Waals surface area contributed by atoms with Gasteiger partial charge in [0.05, 0.1) is 9.98 Å². The summed E-state index contributed by atoms with van der Waals surface area (Å²) in [4.78, 5) is 4.22. The topological polar surface area (TPSA) is 3.24 Å². The molecule has 1 aliphatic carbocycles. The molecule has 2 aliphatic rings. The van der Waals surface area contributed by atoms with Crippen molar-refractivity contribution in [3.05, 3.63) is 0 Å². The van der Waals surface area contributed by atoms with Gasteiger partial charge in [0.25, 0.3) is 0 Å². The van der Waals surface area contributed by atoms with Gasteiger partial charge < -0.3 is 4.90 Å². The van der Waals surface area contributed by atoms with Gasteiger partial charge in [-0.3, -0.25) is 0 Å². The molecule has 66 valence electrons. The minimum atomic E-state index is 0.603. The summed E-state index contributed by atoms with van der Waals surface area (Å²) in [5.41, 5.74) is 0. The largest absolute Gasteiger partial charge is 0.333 e. The van der Waals surface area contributed by atoms with E-state index in [1.807, 2.05) is 11.9 Å². The number of fused-ring (bicyclic) bond motifs is 1. The standard InChI is InChI=1S/C9H13NS2/c1-10-8(11)6-4-2-3-5-7(6)9(10)12/h6-7H,2-5H2,1H3/t6-,7+. The lowest BCUT2D eigenvalue weighted by molar-refractivity contribution is 0.391. The van der Waals surface area contributed by atoms with Crippen LogP contribution in [0, 0.1) is 11.8 Å². The SMILES string of the molecule is CN1C(=S)[C@H]2CCCC[C@H]2C1=S. The molecular weight excluding hydrogens is 186 g/mol. The molecule has 0 aromatic rings. The lowest BCUT2D eigenvalue weighted by Gasteiger charge is -2.22. The second-order valence-electron chi connectivity index (χ2n) is 3.73. The molecule has 2 fully saturated rings. The Morgan fingerprint density at radius 3 is 1.92 bits per heavy atom. The van der Waals surface area contributed by atoms with Gasteiger partial charge >= 0.3 is 0 Å². The predicted octanol–water partition coefficient (Wildman–Crippen LogP) is 2.39. The summed E-state index contributed by atoms with van der Waals surface area (Å²) in [5.74, 6) is 1.21. The number of hydrogen-bond donors (Lipinski definition) is 0. The van der Waals surface area contributed by atoms with Crippen molar-refractivity contribution in [1.29, 1.82) is 0 Å². The molecule has 0 aromatic carbocycles.